The van der Waals surface area contributed by atoms with E-state index in [1.807, 2.05) is 23.6 Å². The van der Waals surface area contributed by atoms with Gasteiger partial charge in [0.2, 0.25) is 0 Å². The molecule has 1 aromatic carbocycles. The smallest absolute Gasteiger partial charge is 0.191 e. The first-order valence-electron chi connectivity index (χ1n) is 7.12. The molecule has 0 saturated carbocycles. The lowest BCUT2D eigenvalue weighted by Crippen LogP contribution is -2.01. The molecule has 3 aromatic rings. The summed E-state index contributed by atoms with van der Waals surface area (Å²) in [5.41, 5.74) is 1.08. The SMILES string of the molecule is CCCn1c(SCc2ccc(F)cc2)nnc1-c1cccs1. The van der Waals surface area contributed by atoms with Gasteiger partial charge in [-0.2, -0.15) is 0 Å². The number of rotatable bonds is 6. The summed E-state index contributed by atoms with van der Waals surface area (Å²) in [5.74, 6) is 1.48. The van der Waals surface area contributed by atoms with E-state index in [0.717, 1.165) is 40.1 Å². The molecular formula is C16H16FN3S2. The lowest BCUT2D eigenvalue weighted by molar-refractivity contribution is 0.626. The van der Waals surface area contributed by atoms with E-state index in [2.05, 4.69) is 27.8 Å². The van der Waals surface area contributed by atoms with Crippen LogP contribution in [0.1, 0.15) is 18.9 Å². The van der Waals surface area contributed by atoms with E-state index >= 15 is 0 Å². The molecule has 0 bridgehead atoms. The number of thioether (sulfide) groups is 1. The molecule has 3 nitrogen and oxygen atoms in total. The second-order valence-corrected chi connectivity index (χ2v) is 6.74. The highest BCUT2D eigenvalue weighted by molar-refractivity contribution is 7.98. The molecule has 0 amide bonds. The van der Waals surface area contributed by atoms with E-state index in [1.54, 1.807) is 23.1 Å². The van der Waals surface area contributed by atoms with Crippen molar-refractivity contribution in [3.63, 3.8) is 0 Å². The fourth-order valence-corrected chi connectivity index (χ4v) is 3.77. The Hall–Kier alpha value is -1.66. The summed E-state index contributed by atoms with van der Waals surface area (Å²) >= 11 is 3.31. The lowest BCUT2D eigenvalue weighted by Gasteiger charge is -2.07. The number of benzene rings is 1. The van der Waals surface area contributed by atoms with E-state index in [1.165, 1.54) is 12.1 Å². The minimum atomic E-state index is -0.206. The predicted octanol–water partition coefficient (Wildman–Crippen LogP) is 4.85. The molecule has 0 saturated heterocycles. The van der Waals surface area contributed by atoms with Crippen molar-refractivity contribution in [3.05, 3.63) is 53.2 Å². The zero-order valence-corrected chi connectivity index (χ0v) is 13.8. The van der Waals surface area contributed by atoms with Gasteiger partial charge in [0.1, 0.15) is 5.82 Å². The van der Waals surface area contributed by atoms with Gasteiger partial charge in [0.05, 0.1) is 4.88 Å². The standard InChI is InChI=1S/C16H16FN3S2/c1-2-9-20-15(14-4-3-10-21-14)18-19-16(20)22-11-12-5-7-13(17)8-6-12/h3-8,10H,2,9,11H2,1H3. The molecule has 0 aliphatic carbocycles. The average Bonchev–Trinajstić information content (AvgIpc) is 3.17. The van der Waals surface area contributed by atoms with Gasteiger partial charge >= 0.3 is 0 Å². The van der Waals surface area contributed by atoms with Crippen LogP contribution in [-0.4, -0.2) is 14.8 Å². The van der Waals surface area contributed by atoms with Crippen LogP contribution < -0.4 is 0 Å². The van der Waals surface area contributed by atoms with E-state index in [0.29, 0.717) is 0 Å². The highest BCUT2D eigenvalue weighted by Gasteiger charge is 2.14. The first kappa shape index (κ1) is 15.2. The molecule has 2 aromatic heterocycles. The van der Waals surface area contributed by atoms with Gasteiger partial charge in [0.25, 0.3) is 0 Å². The zero-order chi connectivity index (χ0) is 15.4. The molecule has 0 aliphatic rings. The van der Waals surface area contributed by atoms with Gasteiger partial charge in [-0.3, -0.25) is 0 Å². The molecule has 6 heteroatoms. The minimum Gasteiger partial charge on any atom is -0.301 e. The predicted molar refractivity (Wildman–Crippen MR) is 89.6 cm³/mol. The van der Waals surface area contributed by atoms with Crippen molar-refractivity contribution in [2.24, 2.45) is 0 Å². The fraction of sp³-hybridized carbons (Fsp3) is 0.250. The number of hydrogen-bond donors (Lipinski definition) is 0. The Kier molecular flexibility index (Phi) is 4.90. The second-order valence-electron chi connectivity index (χ2n) is 4.85. The van der Waals surface area contributed by atoms with Crippen molar-refractivity contribution in [1.29, 1.82) is 0 Å². The summed E-state index contributed by atoms with van der Waals surface area (Å²) in [4.78, 5) is 1.13. The van der Waals surface area contributed by atoms with Crippen molar-refractivity contribution in [2.45, 2.75) is 30.8 Å². The van der Waals surface area contributed by atoms with E-state index in [4.69, 9.17) is 0 Å². The van der Waals surface area contributed by atoms with Gasteiger partial charge in [-0.15, -0.1) is 21.5 Å². The normalized spacial score (nSPS) is 11.0. The van der Waals surface area contributed by atoms with Crippen LogP contribution in [0.15, 0.2) is 46.9 Å². The molecule has 0 spiro atoms. The molecule has 0 radical (unpaired) electrons. The maximum Gasteiger partial charge on any atom is 0.191 e. The number of hydrogen-bond acceptors (Lipinski definition) is 4. The van der Waals surface area contributed by atoms with Crippen molar-refractivity contribution in [3.8, 4) is 10.7 Å². The molecule has 114 valence electrons. The summed E-state index contributed by atoms with van der Waals surface area (Å²) in [6.45, 7) is 3.04. The fourth-order valence-electron chi connectivity index (χ4n) is 2.14. The Morgan fingerprint density at radius 2 is 2.00 bits per heavy atom. The first-order chi connectivity index (χ1) is 10.8. The van der Waals surface area contributed by atoms with Gasteiger partial charge in [-0.25, -0.2) is 4.39 Å². The maximum absolute atomic E-state index is 12.9. The average molecular weight is 333 g/mol. The van der Waals surface area contributed by atoms with Crippen molar-refractivity contribution < 1.29 is 4.39 Å². The maximum atomic E-state index is 12.9. The zero-order valence-electron chi connectivity index (χ0n) is 12.2. The molecule has 0 N–H and O–H groups in total. The van der Waals surface area contributed by atoms with Crippen molar-refractivity contribution in [2.75, 3.05) is 0 Å². The minimum absolute atomic E-state index is 0.206. The van der Waals surface area contributed by atoms with Crippen molar-refractivity contribution in [1.82, 2.24) is 14.8 Å². The Morgan fingerprint density at radius 1 is 1.18 bits per heavy atom. The number of halogens is 1. The monoisotopic (exact) mass is 333 g/mol. The number of nitrogens with zero attached hydrogens (tertiary/aromatic N) is 3. The summed E-state index contributed by atoms with van der Waals surface area (Å²) in [7, 11) is 0. The summed E-state index contributed by atoms with van der Waals surface area (Å²) < 4.78 is 15.1. The molecule has 2 heterocycles. The Morgan fingerprint density at radius 3 is 2.68 bits per heavy atom. The Labute approximate surface area is 137 Å². The van der Waals surface area contributed by atoms with E-state index in [9.17, 15) is 4.39 Å². The third kappa shape index (κ3) is 3.39. The van der Waals surface area contributed by atoms with Gasteiger partial charge in [-0.1, -0.05) is 36.9 Å². The number of thiophene rings is 1. The second kappa shape index (κ2) is 7.07. The summed E-state index contributed by atoms with van der Waals surface area (Å²) in [6, 6.07) is 10.7. The van der Waals surface area contributed by atoms with Crippen LogP contribution in [0.5, 0.6) is 0 Å². The van der Waals surface area contributed by atoms with Gasteiger partial charge < -0.3 is 4.57 Å². The van der Waals surface area contributed by atoms with Crippen LogP contribution in [0.25, 0.3) is 10.7 Å². The van der Waals surface area contributed by atoms with Gasteiger partial charge in [-0.05, 0) is 35.6 Å². The molecule has 0 unspecified atom stereocenters. The van der Waals surface area contributed by atoms with Crippen LogP contribution >= 0.6 is 23.1 Å². The molecule has 0 fully saturated rings. The molecule has 3 rings (SSSR count). The van der Waals surface area contributed by atoms with Crippen LogP contribution in [0.3, 0.4) is 0 Å². The van der Waals surface area contributed by atoms with Gasteiger partial charge in [0.15, 0.2) is 11.0 Å². The highest BCUT2D eigenvalue weighted by Crippen LogP contribution is 2.29. The topological polar surface area (TPSA) is 30.7 Å². The third-order valence-corrected chi connectivity index (χ3v) is 5.09. The van der Waals surface area contributed by atoms with Gasteiger partial charge in [0, 0.05) is 12.3 Å². The molecular weight excluding hydrogens is 317 g/mol. The van der Waals surface area contributed by atoms with Crippen LogP contribution in [0.2, 0.25) is 0 Å². The Balaban J connectivity index is 1.79. The van der Waals surface area contributed by atoms with Crippen LogP contribution in [0, 0.1) is 5.82 Å². The molecule has 0 aliphatic heterocycles. The summed E-state index contributed by atoms with van der Waals surface area (Å²) in [6.07, 6.45) is 1.03. The first-order valence-corrected chi connectivity index (χ1v) is 8.98. The molecule has 0 atom stereocenters. The number of aromatic nitrogens is 3. The van der Waals surface area contributed by atoms with Crippen molar-refractivity contribution >= 4 is 23.1 Å². The summed E-state index contributed by atoms with van der Waals surface area (Å²) in [5, 5.41) is 11.6. The lowest BCUT2D eigenvalue weighted by atomic mass is 10.2. The Bertz CT molecular complexity index is 720. The molecule has 22 heavy (non-hydrogen) atoms. The van der Waals surface area contributed by atoms with Crippen LogP contribution in [0.4, 0.5) is 4.39 Å². The van der Waals surface area contributed by atoms with E-state index < -0.39 is 0 Å². The van der Waals surface area contributed by atoms with E-state index in [-0.39, 0.29) is 5.82 Å². The highest BCUT2D eigenvalue weighted by atomic mass is 32.2. The third-order valence-electron chi connectivity index (χ3n) is 3.19. The largest absolute Gasteiger partial charge is 0.301 e. The van der Waals surface area contributed by atoms with Crippen LogP contribution in [-0.2, 0) is 12.3 Å². The quantitative estimate of drug-likeness (QED) is 0.604.